The van der Waals surface area contributed by atoms with Crippen LogP contribution in [0.4, 0.5) is 0 Å². The first kappa shape index (κ1) is 30.4. The highest BCUT2D eigenvalue weighted by Gasteiger charge is 2.25. The molecule has 0 bridgehead atoms. The maximum absolute atomic E-state index is 6.34. The quantitative estimate of drug-likeness (QED) is 0.195. The fourth-order valence-electron chi connectivity index (χ4n) is 8.01. The van der Waals surface area contributed by atoms with Gasteiger partial charge >= 0.3 is 0 Å². The Morgan fingerprint density at radius 2 is 1.00 bits per heavy atom. The van der Waals surface area contributed by atoms with Crippen molar-refractivity contribution in [3.05, 3.63) is 193 Å². The van der Waals surface area contributed by atoms with E-state index in [0.717, 1.165) is 93.9 Å². The second-order valence-corrected chi connectivity index (χ2v) is 13.7. The lowest BCUT2D eigenvalue weighted by Gasteiger charge is -2.25. The summed E-state index contributed by atoms with van der Waals surface area (Å²) >= 11 is 0. The van der Waals surface area contributed by atoms with Gasteiger partial charge in [0.2, 0.25) is 0 Å². The summed E-state index contributed by atoms with van der Waals surface area (Å²) in [5.41, 5.74) is 10.9. The Balaban J connectivity index is 1.12. The number of benzene rings is 8. The zero-order valence-corrected chi connectivity index (χ0v) is 29.0. The van der Waals surface area contributed by atoms with Crippen LogP contribution < -0.4 is 5.32 Å². The van der Waals surface area contributed by atoms with Crippen LogP contribution in [-0.2, 0) is 0 Å². The molecule has 0 aliphatic carbocycles. The number of nitrogens with one attached hydrogen (secondary N) is 1. The molecule has 5 nitrogen and oxygen atoms in total. The third kappa shape index (κ3) is 4.94. The monoisotopic (exact) mass is 693 g/mol. The number of amidine groups is 2. The van der Waals surface area contributed by atoms with Crippen LogP contribution in [0.1, 0.15) is 22.9 Å². The summed E-state index contributed by atoms with van der Waals surface area (Å²) in [6.07, 6.45) is -0.387. The Hall–Kier alpha value is -7.24. The summed E-state index contributed by atoms with van der Waals surface area (Å²) in [7, 11) is 0. The molecule has 11 rings (SSSR count). The molecule has 1 atom stereocenters. The third-order valence-corrected chi connectivity index (χ3v) is 10.5. The van der Waals surface area contributed by atoms with Crippen molar-refractivity contribution < 1.29 is 8.83 Å². The summed E-state index contributed by atoms with van der Waals surface area (Å²) in [6, 6.07) is 61.0. The first-order valence-electron chi connectivity index (χ1n) is 18.2. The molecule has 10 aromatic rings. The minimum Gasteiger partial charge on any atom is -0.456 e. The fraction of sp³-hybridized carbons (Fsp3) is 0.0204. The van der Waals surface area contributed by atoms with Crippen molar-refractivity contribution >= 4 is 66.3 Å². The number of para-hydroxylation sites is 2. The van der Waals surface area contributed by atoms with E-state index in [1.54, 1.807) is 0 Å². The van der Waals surface area contributed by atoms with E-state index >= 15 is 0 Å². The van der Waals surface area contributed by atoms with E-state index < -0.39 is 0 Å². The molecule has 0 saturated heterocycles. The molecule has 1 aliphatic rings. The summed E-state index contributed by atoms with van der Waals surface area (Å²) in [6.45, 7) is 0. The van der Waals surface area contributed by atoms with Crippen molar-refractivity contribution in [2.45, 2.75) is 6.17 Å². The number of nitrogens with zero attached hydrogens (tertiary/aromatic N) is 2. The molecule has 8 aromatic carbocycles. The van der Waals surface area contributed by atoms with Crippen LogP contribution in [0.25, 0.3) is 76.9 Å². The molecular weight excluding hydrogens is 663 g/mol. The van der Waals surface area contributed by atoms with Gasteiger partial charge < -0.3 is 14.2 Å². The topological polar surface area (TPSA) is 63.0 Å². The normalized spacial score (nSPS) is 14.5. The van der Waals surface area contributed by atoms with Crippen LogP contribution in [0.2, 0.25) is 0 Å². The van der Waals surface area contributed by atoms with E-state index in [1.807, 2.05) is 54.6 Å². The van der Waals surface area contributed by atoms with Crippen LogP contribution in [0.15, 0.2) is 195 Å². The number of hydrogen-bond donors (Lipinski definition) is 1. The average molecular weight is 694 g/mol. The van der Waals surface area contributed by atoms with Gasteiger partial charge in [0.25, 0.3) is 0 Å². The smallest absolute Gasteiger partial charge is 0.160 e. The summed E-state index contributed by atoms with van der Waals surface area (Å²) in [4.78, 5) is 10.7. The molecule has 54 heavy (non-hydrogen) atoms. The van der Waals surface area contributed by atoms with Crippen LogP contribution in [0.5, 0.6) is 0 Å². The average Bonchev–Trinajstić information content (AvgIpc) is 3.82. The van der Waals surface area contributed by atoms with Gasteiger partial charge in [0.05, 0.1) is 0 Å². The molecule has 0 fully saturated rings. The molecule has 5 heteroatoms. The van der Waals surface area contributed by atoms with Crippen LogP contribution in [-0.4, -0.2) is 11.7 Å². The number of aliphatic imine (C=N–C) groups is 2. The largest absolute Gasteiger partial charge is 0.456 e. The molecular formula is C49H31N3O2. The van der Waals surface area contributed by atoms with E-state index in [0.29, 0.717) is 5.84 Å². The maximum atomic E-state index is 6.34. The van der Waals surface area contributed by atoms with Gasteiger partial charge in [0.15, 0.2) is 5.84 Å². The highest BCUT2D eigenvalue weighted by atomic mass is 16.3. The van der Waals surface area contributed by atoms with Crippen molar-refractivity contribution in [3.63, 3.8) is 0 Å². The molecule has 2 aromatic heterocycles. The van der Waals surface area contributed by atoms with Crippen molar-refractivity contribution in [1.82, 2.24) is 5.32 Å². The predicted octanol–water partition coefficient (Wildman–Crippen LogP) is 12.5. The fourth-order valence-corrected chi connectivity index (χ4v) is 8.01. The van der Waals surface area contributed by atoms with E-state index in [-0.39, 0.29) is 6.17 Å². The zero-order valence-electron chi connectivity index (χ0n) is 29.0. The molecule has 0 amide bonds. The van der Waals surface area contributed by atoms with Crippen LogP contribution >= 0.6 is 0 Å². The minimum atomic E-state index is -0.387. The highest BCUT2D eigenvalue weighted by molar-refractivity contribution is 6.23. The van der Waals surface area contributed by atoms with Gasteiger partial charge in [-0.2, -0.15) is 0 Å². The van der Waals surface area contributed by atoms with Crippen molar-refractivity contribution in [3.8, 4) is 22.3 Å². The molecule has 0 saturated carbocycles. The first-order chi connectivity index (χ1) is 26.7. The lowest BCUT2D eigenvalue weighted by atomic mass is 9.92. The molecule has 3 heterocycles. The SMILES string of the molecule is c1ccc(-c2ccc(C3N=C(c4cccc5oc6ccccc6c45)N=C(c4cc(-c5cccc6oc7ccccc7c56)c5ccccc5c4)N3)cc2)cc1. The van der Waals surface area contributed by atoms with Gasteiger partial charge in [0.1, 0.15) is 34.3 Å². The minimum absolute atomic E-state index is 0.387. The van der Waals surface area contributed by atoms with Gasteiger partial charge in [-0.15, -0.1) is 0 Å². The lowest BCUT2D eigenvalue weighted by Crippen LogP contribution is -2.33. The van der Waals surface area contributed by atoms with Gasteiger partial charge in [0, 0.05) is 32.7 Å². The molecule has 254 valence electrons. The molecule has 1 aliphatic heterocycles. The summed E-state index contributed by atoms with van der Waals surface area (Å²) in [5.74, 6) is 1.40. The Kier molecular flexibility index (Phi) is 6.85. The van der Waals surface area contributed by atoms with Crippen molar-refractivity contribution in [2.75, 3.05) is 0 Å². The third-order valence-electron chi connectivity index (χ3n) is 10.5. The Labute approximate surface area is 310 Å². The van der Waals surface area contributed by atoms with Crippen molar-refractivity contribution in [2.24, 2.45) is 9.98 Å². The van der Waals surface area contributed by atoms with E-state index in [4.69, 9.17) is 18.8 Å². The second kappa shape index (κ2) is 12.2. The van der Waals surface area contributed by atoms with Gasteiger partial charge in [-0.1, -0.05) is 140 Å². The Morgan fingerprint density at radius 3 is 1.72 bits per heavy atom. The number of hydrogen-bond acceptors (Lipinski definition) is 5. The van der Waals surface area contributed by atoms with Crippen LogP contribution in [0, 0.1) is 0 Å². The number of fused-ring (bicyclic) bond motifs is 7. The standard InChI is InChI=1S/C49H31N3O2/c1-2-12-30(13-3-1)31-24-26-32(27-25-31)47-50-48(52-49(51-47)39-19-11-23-44-46(39)38-17-7-9-21-42(38)54-44)34-28-33-14-4-5-15-35(33)40(29-34)36-18-10-22-43-45(36)37-16-6-8-20-41(37)53-43/h1-29,47H,(H,50,51,52). The first-order valence-corrected chi connectivity index (χ1v) is 18.2. The van der Waals surface area contributed by atoms with Gasteiger partial charge in [-0.3, -0.25) is 0 Å². The zero-order chi connectivity index (χ0) is 35.6. The van der Waals surface area contributed by atoms with Gasteiger partial charge in [-0.25, -0.2) is 9.98 Å². The highest BCUT2D eigenvalue weighted by Crippen LogP contribution is 2.40. The Morgan fingerprint density at radius 1 is 0.426 bits per heavy atom. The van der Waals surface area contributed by atoms with E-state index in [2.05, 4.69) is 127 Å². The van der Waals surface area contributed by atoms with Gasteiger partial charge in [-0.05, 0) is 75.0 Å². The molecule has 0 radical (unpaired) electrons. The predicted molar refractivity (Wildman–Crippen MR) is 221 cm³/mol. The summed E-state index contributed by atoms with van der Waals surface area (Å²) in [5, 5.41) is 10.3. The summed E-state index contributed by atoms with van der Waals surface area (Å²) < 4.78 is 12.6. The van der Waals surface area contributed by atoms with Crippen LogP contribution in [0.3, 0.4) is 0 Å². The number of rotatable bonds is 5. The molecule has 1 N–H and O–H groups in total. The second-order valence-electron chi connectivity index (χ2n) is 13.7. The van der Waals surface area contributed by atoms with Crippen molar-refractivity contribution in [1.29, 1.82) is 0 Å². The molecule has 0 spiro atoms. The van der Waals surface area contributed by atoms with E-state index in [1.165, 1.54) is 5.56 Å². The molecule has 1 unspecified atom stereocenters. The Bertz CT molecular complexity index is 3130. The lowest BCUT2D eigenvalue weighted by molar-refractivity contribution is 0.668. The maximum Gasteiger partial charge on any atom is 0.160 e. The van der Waals surface area contributed by atoms with E-state index in [9.17, 15) is 0 Å². The number of furan rings is 2.